The quantitative estimate of drug-likeness (QED) is 0.332. The van der Waals surface area contributed by atoms with Crippen molar-refractivity contribution in [2.24, 2.45) is 0 Å². The van der Waals surface area contributed by atoms with Gasteiger partial charge in [0.05, 0.1) is 18.1 Å². The third kappa shape index (κ3) is 5.79. The number of ether oxygens (including phenoxy) is 3. The maximum Gasteiger partial charge on any atom is 0.413 e. The van der Waals surface area contributed by atoms with Crippen molar-refractivity contribution in [3.8, 4) is 11.9 Å². The molecule has 1 N–H and O–H groups in total. The number of carbonyl (C=O) groups is 1. The second-order valence-electron chi connectivity index (χ2n) is 12.8. The summed E-state index contributed by atoms with van der Waals surface area (Å²) in [6.45, 7) is 10.7. The number of halogens is 3. The van der Waals surface area contributed by atoms with E-state index in [1.165, 1.54) is 0 Å². The zero-order chi connectivity index (χ0) is 31.4. The fraction of sp³-hybridized carbons (Fsp3) is 0.567. The van der Waals surface area contributed by atoms with E-state index in [1.54, 1.807) is 33.0 Å². The lowest BCUT2D eigenvalue weighted by molar-refractivity contribution is 0.0635. The van der Waals surface area contributed by atoms with Crippen LogP contribution in [0.15, 0.2) is 18.3 Å². The SMILES string of the molecule is CC(c1cccnc1NC(=O)OC(C)(C)C)N1C[C@H](C)Oc2nc(Cl)c(F)c3nc(OC[C@@]45CCCN4C[C@H](F)C5)nc1c23. The van der Waals surface area contributed by atoms with Crippen LogP contribution < -0.4 is 19.7 Å². The summed E-state index contributed by atoms with van der Waals surface area (Å²) in [5.74, 6) is -0.104. The number of alkyl halides is 1. The van der Waals surface area contributed by atoms with Crippen molar-refractivity contribution in [3.05, 3.63) is 34.9 Å². The van der Waals surface area contributed by atoms with Gasteiger partial charge in [-0.2, -0.15) is 15.0 Å². The maximum atomic E-state index is 15.6. The van der Waals surface area contributed by atoms with Crippen LogP contribution in [0.25, 0.3) is 10.9 Å². The van der Waals surface area contributed by atoms with E-state index in [9.17, 15) is 9.18 Å². The Kier molecular flexibility index (Phi) is 7.89. The number of anilines is 2. The van der Waals surface area contributed by atoms with Gasteiger partial charge in [0, 0.05) is 24.7 Å². The minimum absolute atomic E-state index is 0.0619. The highest BCUT2D eigenvalue weighted by Crippen LogP contribution is 2.43. The van der Waals surface area contributed by atoms with Crippen LogP contribution in [0, 0.1) is 5.82 Å². The number of carbonyl (C=O) groups excluding carboxylic acids is 1. The van der Waals surface area contributed by atoms with E-state index < -0.39 is 41.4 Å². The summed E-state index contributed by atoms with van der Waals surface area (Å²) < 4.78 is 47.7. The molecule has 4 atom stereocenters. The molecule has 6 heterocycles. The van der Waals surface area contributed by atoms with Crippen LogP contribution in [0.5, 0.6) is 11.9 Å². The minimum atomic E-state index is -0.927. The van der Waals surface area contributed by atoms with Crippen LogP contribution >= 0.6 is 11.6 Å². The molecule has 2 saturated heterocycles. The van der Waals surface area contributed by atoms with Gasteiger partial charge in [-0.05, 0) is 60.1 Å². The van der Waals surface area contributed by atoms with Crippen LogP contribution in [0.2, 0.25) is 5.15 Å². The van der Waals surface area contributed by atoms with Crippen molar-refractivity contribution in [1.29, 1.82) is 0 Å². The standard InChI is InChI=1S/C30H36ClF2N7O4/c1-16-13-40(17(2)19-8-6-10-34-24(19)37-28(41)44-29(3,4)5)25-20-22(21(33)23(31)36-26(20)43-16)35-27(38-25)42-15-30-9-7-11-39(30)14-18(32)12-30/h6,8,10,16-18H,7,9,11-15H2,1-5H3,(H,34,37,41)/t16-,17?,18+,30-/m0/s1. The van der Waals surface area contributed by atoms with Gasteiger partial charge in [-0.25, -0.2) is 18.6 Å². The van der Waals surface area contributed by atoms with Gasteiger partial charge < -0.3 is 19.1 Å². The van der Waals surface area contributed by atoms with E-state index in [0.717, 1.165) is 19.4 Å². The van der Waals surface area contributed by atoms with Crippen molar-refractivity contribution in [3.63, 3.8) is 0 Å². The molecule has 0 saturated carbocycles. The van der Waals surface area contributed by atoms with Gasteiger partial charge in [-0.3, -0.25) is 10.2 Å². The maximum absolute atomic E-state index is 15.6. The number of nitrogens with one attached hydrogen (secondary N) is 1. The summed E-state index contributed by atoms with van der Waals surface area (Å²) in [6.07, 6.45) is 1.69. The van der Waals surface area contributed by atoms with Gasteiger partial charge in [0.25, 0.3) is 0 Å². The normalized spacial score (nSPS) is 24.0. The molecule has 3 aromatic rings. The van der Waals surface area contributed by atoms with Crippen molar-refractivity contribution in [1.82, 2.24) is 24.8 Å². The van der Waals surface area contributed by atoms with E-state index >= 15 is 4.39 Å². The lowest BCUT2D eigenvalue weighted by atomic mass is 9.95. The average molecular weight is 632 g/mol. The molecule has 0 spiro atoms. The number of nitrogens with zero attached hydrogens (tertiary/aromatic N) is 6. The predicted molar refractivity (Wildman–Crippen MR) is 161 cm³/mol. The van der Waals surface area contributed by atoms with Crippen molar-refractivity contribution in [2.75, 3.05) is 36.5 Å². The monoisotopic (exact) mass is 631 g/mol. The summed E-state index contributed by atoms with van der Waals surface area (Å²) >= 11 is 6.19. The molecule has 236 valence electrons. The van der Waals surface area contributed by atoms with Crippen LogP contribution in [0.3, 0.4) is 0 Å². The highest BCUT2D eigenvalue weighted by atomic mass is 35.5. The fourth-order valence-corrected chi connectivity index (χ4v) is 6.61. The van der Waals surface area contributed by atoms with E-state index in [0.29, 0.717) is 36.7 Å². The second kappa shape index (κ2) is 11.4. The first-order valence-corrected chi connectivity index (χ1v) is 15.2. The second-order valence-corrected chi connectivity index (χ2v) is 13.1. The number of fused-ring (bicyclic) bond motifs is 1. The smallest absolute Gasteiger partial charge is 0.413 e. The summed E-state index contributed by atoms with van der Waals surface area (Å²) in [7, 11) is 0. The topological polar surface area (TPSA) is 115 Å². The molecular weight excluding hydrogens is 596 g/mol. The number of amides is 1. The molecule has 0 aromatic carbocycles. The molecule has 0 aliphatic carbocycles. The van der Waals surface area contributed by atoms with Crippen LogP contribution in [-0.2, 0) is 4.74 Å². The highest BCUT2D eigenvalue weighted by Gasteiger charge is 2.49. The molecule has 0 bridgehead atoms. The Balaban J connectivity index is 1.40. The minimum Gasteiger partial charge on any atom is -0.472 e. The molecule has 0 radical (unpaired) electrons. The van der Waals surface area contributed by atoms with Crippen LogP contribution in [0.1, 0.15) is 65.5 Å². The number of hydrogen-bond donors (Lipinski definition) is 1. The molecule has 2 fully saturated rings. The van der Waals surface area contributed by atoms with E-state index in [2.05, 4.69) is 25.2 Å². The first-order valence-electron chi connectivity index (χ1n) is 14.8. The largest absolute Gasteiger partial charge is 0.472 e. The zero-order valence-corrected chi connectivity index (χ0v) is 26.1. The summed E-state index contributed by atoms with van der Waals surface area (Å²) in [5, 5.41) is 2.61. The zero-order valence-electron chi connectivity index (χ0n) is 25.4. The van der Waals surface area contributed by atoms with Gasteiger partial charge in [0.2, 0.25) is 5.88 Å². The van der Waals surface area contributed by atoms with Gasteiger partial charge in [0.1, 0.15) is 47.0 Å². The van der Waals surface area contributed by atoms with Gasteiger partial charge in [-0.15, -0.1) is 0 Å². The Morgan fingerprint density at radius 1 is 1.30 bits per heavy atom. The fourth-order valence-electron chi connectivity index (χ4n) is 6.44. The van der Waals surface area contributed by atoms with Crippen molar-refractivity contribution < 1.29 is 27.8 Å². The number of rotatable bonds is 6. The average Bonchev–Trinajstić information content (AvgIpc) is 3.42. The number of hydrogen-bond acceptors (Lipinski definition) is 10. The molecule has 3 aliphatic rings. The molecule has 44 heavy (non-hydrogen) atoms. The Morgan fingerprint density at radius 3 is 2.86 bits per heavy atom. The summed E-state index contributed by atoms with van der Waals surface area (Å²) in [6, 6.07) is 3.07. The van der Waals surface area contributed by atoms with Gasteiger partial charge in [0.15, 0.2) is 11.0 Å². The van der Waals surface area contributed by atoms with Crippen LogP contribution in [0.4, 0.5) is 25.2 Å². The lowest BCUT2D eigenvalue weighted by Crippen LogP contribution is -2.43. The summed E-state index contributed by atoms with van der Waals surface area (Å²) in [5.41, 5.74) is -0.592. The molecule has 1 unspecified atom stereocenters. The molecule has 11 nitrogen and oxygen atoms in total. The molecule has 1 amide bonds. The third-order valence-corrected chi connectivity index (χ3v) is 8.57. The molecule has 3 aliphatic heterocycles. The Labute approximate surface area is 259 Å². The third-order valence-electron chi connectivity index (χ3n) is 8.32. The first-order chi connectivity index (χ1) is 20.8. The van der Waals surface area contributed by atoms with Gasteiger partial charge in [-0.1, -0.05) is 17.7 Å². The first kappa shape index (κ1) is 30.4. The van der Waals surface area contributed by atoms with Crippen LogP contribution in [-0.4, -0.2) is 80.6 Å². The summed E-state index contributed by atoms with van der Waals surface area (Å²) in [4.78, 5) is 34.5. The molecular formula is C30H36ClF2N7O4. The van der Waals surface area contributed by atoms with E-state index in [1.807, 2.05) is 24.8 Å². The Bertz CT molecular complexity index is 1590. The van der Waals surface area contributed by atoms with E-state index in [4.69, 9.17) is 30.8 Å². The molecule has 3 aromatic heterocycles. The Hall–Kier alpha value is -3.58. The number of aromatic nitrogens is 4. The predicted octanol–water partition coefficient (Wildman–Crippen LogP) is 5.86. The molecule has 6 rings (SSSR count). The van der Waals surface area contributed by atoms with Gasteiger partial charge >= 0.3 is 12.1 Å². The lowest BCUT2D eigenvalue weighted by Gasteiger charge is -2.33. The Morgan fingerprint density at radius 2 is 2.09 bits per heavy atom. The number of pyridine rings is 2. The van der Waals surface area contributed by atoms with Crippen molar-refractivity contribution in [2.45, 2.75) is 83.3 Å². The van der Waals surface area contributed by atoms with Crippen molar-refractivity contribution >= 4 is 40.2 Å². The highest BCUT2D eigenvalue weighted by molar-refractivity contribution is 6.30. The molecule has 14 heteroatoms. The van der Waals surface area contributed by atoms with E-state index in [-0.39, 0.29) is 34.6 Å².